The van der Waals surface area contributed by atoms with Crippen molar-refractivity contribution in [1.82, 2.24) is 9.55 Å². The van der Waals surface area contributed by atoms with E-state index >= 15 is 0 Å². The first-order valence-electron chi connectivity index (χ1n) is 7.52. The minimum atomic E-state index is -5.36. The van der Waals surface area contributed by atoms with Crippen LogP contribution in [0.2, 0.25) is 0 Å². The first-order valence-corrected chi connectivity index (χ1v) is 14.3. The van der Waals surface area contributed by atoms with Crippen LogP contribution in [0, 0.1) is 6.92 Å². The number of aliphatic hydroxyl groups is 1. The summed E-state index contributed by atoms with van der Waals surface area (Å²) in [6.07, 6.45) is -1.93. The Hall–Kier alpha value is -0.180. The largest absolute Gasteiger partial charge is 0.487 e. The van der Waals surface area contributed by atoms with Crippen LogP contribution in [0.3, 0.4) is 0 Å². The van der Waals surface area contributed by atoms with Gasteiger partial charge in [-0.2, -0.15) is 4.31 Å². The lowest BCUT2D eigenvalue weighted by molar-refractivity contribution is -0.0402. The number of hydrogen-bond acceptors (Lipinski definition) is 10. The van der Waals surface area contributed by atoms with E-state index in [0.717, 1.165) is 4.57 Å². The molecule has 0 aromatic carbocycles. The molecule has 2 heterocycles. The first-order chi connectivity index (χ1) is 13.1. The van der Waals surface area contributed by atoms with Gasteiger partial charge in [-0.15, -0.1) is 0 Å². The van der Waals surface area contributed by atoms with Gasteiger partial charge in [0.15, 0.2) is 0 Å². The average molecular weight is 514 g/mol. The van der Waals surface area contributed by atoms with Crippen LogP contribution in [-0.2, 0) is 38.8 Å². The van der Waals surface area contributed by atoms with Crippen molar-refractivity contribution >= 4 is 45.4 Å². The Kier molecular flexibility index (Phi) is 7.90. The fourth-order valence-electron chi connectivity index (χ4n) is 2.31. The molecular formula is C10H17N2O12P3S2. The van der Waals surface area contributed by atoms with Crippen molar-refractivity contribution in [1.29, 1.82) is 0 Å². The zero-order valence-corrected chi connectivity index (χ0v) is 18.8. The van der Waals surface area contributed by atoms with E-state index in [4.69, 9.17) is 30.9 Å². The van der Waals surface area contributed by atoms with Crippen molar-refractivity contribution < 1.29 is 46.8 Å². The van der Waals surface area contributed by atoms with Crippen LogP contribution in [0.25, 0.3) is 0 Å². The normalized spacial score (nSPS) is 26.8. The molecule has 1 fully saturated rings. The molecule has 14 nitrogen and oxygen atoms in total. The van der Waals surface area contributed by atoms with Gasteiger partial charge in [-0.1, -0.05) is 12.2 Å². The van der Waals surface area contributed by atoms with Gasteiger partial charge in [-0.25, -0.2) is 18.2 Å². The zero-order valence-electron chi connectivity index (χ0n) is 14.4. The molecule has 19 heteroatoms. The lowest BCUT2D eigenvalue weighted by Gasteiger charge is -2.22. The third-order valence-corrected chi connectivity index (χ3v) is 9.20. The Labute approximate surface area is 173 Å². The van der Waals surface area contributed by atoms with Crippen molar-refractivity contribution in [2.24, 2.45) is 0 Å². The quantitative estimate of drug-likeness (QED) is 0.198. The number of phosphoric acid groups is 2. The molecule has 166 valence electrons. The topological polar surface area (TPSA) is 207 Å². The summed E-state index contributed by atoms with van der Waals surface area (Å²) >= 11 is 8.51. The van der Waals surface area contributed by atoms with E-state index in [9.17, 15) is 28.7 Å². The fourth-order valence-corrected chi connectivity index (χ4v) is 7.31. The maximum atomic E-state index is 11.9. The van der Waals surface area contributed by atoms with Gasteiger partial charge < -0.3 is 29.0 Å². The summed E-state index contributed by atoms with van der Waals surface area (Å²) < 4.78 is 41.8. The molecule has 0 spiro atoms. The molecule has 0 radical (unpaired) electrons. The Morgan fingerprint density at radius 2 is 1.97 bits per heavy atom. The standard InChI is InChI=1S/C10H17N2O12P3S2/c1-5-3-12(10(15)11-9(5)14)8-2-6(13)7(22-8)4-21-27(28,29)24-26(19,20)23-25(16,17)18/h3,6-8,13H,2,4H2,1H3,(H,19,20)(H,28,29)(H,11,14,15)(H2,16,17,18)/t6-,7+,8+/m0/s1. The molecule has 1 aromatic rings. The number of nitrogens with one attached hydrogen (secondary N) is 1. The first kappa shape index (κ1) is 25.1. The third-order valence-electron chi connectivity index (χ3n) is 3.48. The number of ether oxygens (including phenoxy) is 1. The second kappa shape index (κ2) is 9.13. The molecule has 0 saturated carbocycles. The molecule has 0 bridgehead atoms. The second-order valence-electron chi connectivity index (χ2n) is 5.80. The number of aliphatic hydroxyl groups excluding tert-OH is 1. The van der Waals surface area contributed by atoms with Crippen molar-refractivity contribution in [3.8, 4) is 0 Å². The molecule has 5 N–H and O–H groups in total. The Morgan fingerprint density at radius 3 is 2.55 bits per heavy atom. The maximum Gasteiger partial charge on any atom is 0.487 e. The van der Waals surface area contributed by atoms with Crippen LogP contribution < -0.4 is 11.2 Å². The Balaban J connectivity index is 2.03. The van der Waals surface area contributed by atoms with Crippen molar-refractivity contribution in [3.63, 3.8) is 0 Å². The van der Waals surface area contributed by atoms with Crippen LogP contribution in [0.1, 0.15) is 18.2 Å². The van der Waals surface area contributed by atoms with Gasteiger partial charge in [0.1, 0.15) is 12.3 Å². The molecule has 5 atom stereocenters. The van der Waals surface area contributed by atoms with E-state index in [1.807, 2.05) is 0 Å². The van der Waals surface area contributed by atoms with Gasteiger partial charge in [-0.3, -0.25) is 14.3 Å². The summed E-state index contributed by atoms with van der Waals surface area (Å²) in [6.45, 7) is 0.980. The molecule has 1 aliphatic heterocycles. The smallest absolute Gasteiger partial charge is 0.390 e. The maximum absolute atomic E-state index is 11.9. The number of rotatable bonds is 8. The summed E-state index contributed by atoms with van der Waals surface area (Å²) in [6, 6.07) is 0. The number of aromatic amines is 1. The van der Waals surface area contributed by atoms with Gasteiger partial charge in [0.05, 0.1) is 12.7 Å². The number of H-pyrrole nitrogens is 1. The van der Waals surface area contributed by atoms with Gasteiger partial charge in [-0.05, 0) is 18.7 Å². The van der Waals surface area contributed by atoms with E-state index in [1.165, 1.54) is 13.1 Å². The summed E-state index contributed by atoms with van der Waals surface area (Å²) in [5.74, 6) is 0. The highest BCUT2D eigenvalue weighted by atomic mass is 32.9. The van der Waals surface area contributed by atoms with Crippen LogP contribution in [-0.4, -0.2) is 48.2 Å². The molecule has 1 saturated heterocycles. The van der Waals surface area contributed by atoms with Crippen molar-refractivity contribution in [3.05, 3.63) is 32.6 Å². The van der Waals surface area contributed by atoms with Crippen LogP contribution in [0.5, 0.6) is 0 Å². The van der Waals surface area contributed by atoms with Crippen LogP contribution >= 0.6 is 33.6 Å². The molecule has 1 aromatic heterocycles. The molecule has 0 amide bonds. The number of aryl methyl sites for hydroxylation is 1. The molecule has 0 aliphatic carbocycles. The monoisotopic (exact) mass is 514 g/mol. The predicted molar refractivity (Wildman–Crippen MR) is 104 cm³/mol. The highest BCUT2D eigenvalue weighted by Crippen LogP contribution is 2.69. The summed E-state index contributed by atoms with van der Waals surface area (Å²) in [5.41, 5.74) is -4.93. The van der Waals surface area contributed by atoms with Gasteiger partial charge in [0, 0.05) is 18.2 Å². The summed E-state index contributed by atoms with van der Waals surface area (Å²) in [5, 5.41) is 10.1. The summed E-state index contributed by atoms with van der Waals surface area (Å²) in [7, 11) is -10.6. The Bertz CT molecular complexity index is 1020. The minimum absolute atomic E-state index is 0.0461. The van der Waals surface area contributed by atoms with E-state index in [2.05, 4.69) is 25.9 Å². The van der Waals surface area contributed by atoms with Gasteiger partial charge >= 0.3 is 21.3 Å². The van der Waals surface area contributed by atoms with Crippen molar-refractivity contribution in [2.75, 3.05) is 6.61 Å². The third kappa shape index (κ3) is 7.47. The number of thiol groups is 1. The van der Waals surface area contributed by atoms with Crippen molar-refractivity contribution in [2.45, 2.75) is 31.8 Å². The molecule has 29 heavy (non-hydrogen) atoms. The number of hydrogen-bond donors (Lipinski definition) is 6. The lowest BCUT2D eigenvalue weighted by Crippen LogP contribution is -2.33. The predicted octanol–water partition coefficient (Wildman–Crippen LogP) is -0.109. The molecular weight excluding hydrogens is 497 g/mol. The molecule has 1 aliphatic rings. The van der Waals surface area contributed by atoms with E-state index in [0.29, 0.717) is 0 Å². The van der Waals surface area contributed by atoms with Crippen LogP contribution in [0.15, 0.2) is 15.8 Å². The SMILES string of the molecule is Cc1cn([C@H]2C[C@H](O)[C@@H](COP(=S)(S)OP(=O)(O)OP(=O)(O)O)O2)c(=O)[nH]c1=O. The molecule has 2 rings (SSSR count). The van der Waals surface area contributed by atoms with Gasteiger partial charge in [0.2, 0.25) is 0 Å². The summed E-state index contributed by atoms with van der Waals surface area (Å²) in [4.78, 5) is 51.9. The average Bonchev–Trinajstić information content (AvgIpc) is 2.86. The van der Waals surface area contributed by atoms with Crippen LogP contribution in [0.4, 0.5) is 0 Å². The number of nitrogens with zero attached hydrogens (tertiary/aromatic N) is 1. The second-order valence-corrected chi connectivity index (χ2v) is 14.1. The lowest BCUT2D eigenvalue weighted by atomic mass is 10.2. The fraction of sp³-hybridized carbons (Fsp3) is 0.600. The highest BCUT2D eigenvalue weighted by Gasteiger charge is 2.40. The van der Waals surface area contributed by atoms with Gasteiger partial charge in [0.25, 0.3) is 11.3 Å². The minimum Gasteiger partial charge on any atom is -0.390 e. The Morgan fingerprint density at radius 1 is 1.34 bits per heavy atom. The zero-order chi connectivity index (χ0) is 22.2. The van der Waals surface area contributed by atoms with E-state index in [1.54, 1.807) is 0 Å². The molecule has 2 unspecified atom stereocenters. The number of aromatic nitrogens is 2. The van der Waals surface area contributed by atoms with E-state index < -0.39 is 57.6 Å². The highest BCUT2D eigenvalue weighted by molar-refractivity contribution is 8.60. The van der Waals surface area contributed by atoms with E-state index in [-0.39, 0.29) is 12.0 Å².